The van der Waals surface area contributed by atoms with Crippen molar-refractivity contribution < 1.29 is 14.3 Å². The zero-order chi connectivity index (χ0) is 18.9. The van der Waals surface area contributed by atoms with Crippen LogP contribution in [-0.4, -0.2) is 38.3 Å². The van der Waals surface area contributed by atoms with E-state index in [0.717, 1.165) is 22.0 Å². The molecule has 0 aliphatic carbocycles. The molecule has 0 aliphatic heterocycles. The standard InChI is InChI=1S/C19H23N3O3S/c1-25-15-9-7-14(8-10-15)22(12-11-18(20)23)13-19(24)21-16-5-3-4-6-17(16)26-2/h3-10H,11-13H2,1-2H3,(H2,20,23)(H,21,24). The molecule has 2 aromatic rings. The van der Waals surface area contributed by atoms with E-state index in [0.29, 0.717) is 6.54 Å². The van der Waals surface area contributed by atoms with Crippen LogP contribution in [0.5, 0.6) is 5.75 Å². The number of amides is 2. The second-order valence-electron chi connectivity index (χ2n) is 5.58. The van der Waals surface area contributed by atoms with Crippen molar-refractivity contribution in [3.8, 4) is 5.75 Å². The van der Waals surface area contributed by atoms with Gasteiger partial charge in [0.25, 0.3) is 0 Å². The van der Waals surface area contributed by atoms with Crippen LogP contribution in [0.2, 0.25) is 0 Å². The lowest BCUT2D eigenvalue weighted by Gasteiger charge is -2.24. The molecule has 0 saturated heterocycles. The molecule has 0 radical (unpaired) electrons. The van der Waals surface area contributed by atoms with E-state index in [1.807, 2.05) is 59.7 Å². The highest BCUT2D eigenvalue weighted by Crippen LogP contribution is 2.25. The smallest absolute Gasteiger partial charge is 0.243 e. The van der Waals surface area contributed by atoms with Gasteiger partial charge in [-0.1, -0.05) is 12.1 Å². The number of anilines is 2. The van der Waals surface area contributed by atoms with E-state index in [1.54, 1.807) is 18.9 Å². The summed E-state index contributed by atoms with van der Waals surface area (Å²) in [5.74, 6) is 0.158. The van der Waals surface area contributed by atoms with Crippen molar-refractivity contribution in [2.45, 2.75) is 11.3 Å². The SMILES string of the molecule is COc1ccc(N(CCC(N)=O)CC(=O)Nc2ccccc2SC)cc1. The van der Waals surface area contributed by atoms with E-state index in [-0.39, 0.29) is 18.9 Å². The molecule has 0 spiro atoms. The zero-order valence-electron chi connectivity index (χ0n) is 14.9. The van der Waals surface area contributed by atoms with E-state index < -0.39 is 5.91 Å². The molecule has 0 fully saturated rings. The molecule has 0 saturated carbocycles. The number of hydrogen-bond acceptors (Lipinski definition) is 5. The maximum absolute atomic E-state index is 12.5. The minimum atomic E-state index is -0.406. The van der Waals surface area contributed by atoms with Crippen LogP contribution in [0.1, 0.15) is 6.42 Å². The number of hydrogen-bond donors (Lipinski definition) is 2. The quantitative estimate of drug-likeness (QED) is 0.660. The van der Waals surface area contributed by atoms with Crippen molar-refractivity contribution in [1.82, 2.24) is 0 Å². The summed E-state index contributed by atoms with van der Waals surface area (Å²) in [4.78, 5) is 26.5. The molecule has 0 unspecified atom stereocenters. The molecular formula is C19H23N3O3S. The largest absolute Gasteiger partial charge is 0.497 e. The molecule has 3 N–H and O–H groups in total. The fourth-order valence-electron chi connectivity index (χ4n) is 2.45. The number of benzene rings is 2. The van der Waals surface area contributed by atoms with E-state index in [4.69, 9.17) is 10.5 Å². The number of carbonyl (C=O) groups excluding carboxylic acids is 2. The lowest BCUT2D eigenvalue weighted by molar-refractivity contribution is -0.118. The summed E-state index contributed by atoms with van der Waals surface area (Å²) >= 11 is 1.57. The molecule has 6 nitrogen and oxygen atoms in total. The Balaban J connectivity index is 2.11. The summed E-state index contributed by atoms with van der Waals surface area (Å²) in [5.41, 5.74) is 6.86. The van der Waals surface area contributed by atoms with Gasteiger partial charge in [0.2, 0.25) is 11.8 Å². The van der Waals surface area contributed by atoms with Crippen LogP contribution in [0.4, 0.5) is 11.4 Å². The van der Waals surface area contributed by atoms with Gasteiger partial charge in [-0.25, -0.2) is 0 Å². The lowest BCUT2D eigenvalue weighted by Crippen LogP contribution is -2.35. The predicted octanol–water partition coefficient (Wildman–Crippen LogP) is 2.74. The van der Waals surface area contributed by atoms with Crippen LogP contribution >= 0.6 is 11.8 Å². The molecule has 138 valence electrons. The summed E-state index contributed by atoms with van der Waals surface area (Å²) in [6.45, 7) is 0.474. The molecule has 2 rings (SSSR count). The van der Waals surface area contributed by atoms with Crippen molar-refractivity contribution in [1.29, 1.82) is 0 Å². The fraction of sp³-hybridized carbons (Fsp3) is 0.263. The van der Waals surface area contributed by atoms with Crippen LogP contribution in [-0.2, 0) is 9.59 Å². The monoisotopic (exact) mass is 373 g/mol. The molecule has 0 aliphatic rings. The second kappa shape index (κ2) is 9.72. The van der Waals surface area contributed by atoms with Crippen molar-refractivity contribution in [3.05, 3.63) is 48.5 Å². The van der Waals surface area contributed by atoms with Crippen molar-refractivity contribution >= 4 is 35.0 Å². The van der Waals surface area contributed by atoms with Gasteiger partial charge in [0.15, 0.2) is 0 Å². The van der Waals surface area contributed by atoms with Gasteiger partial charge >= 0.3 is 0 Å². The number of primary amides is 1. The Morgan fingerprint density at radius 1 is 1.15 bits per heavy atom. The van der Waals surface area contributed by atoms with Crippen LogP contribution in [0.3, 0.4) is 0 Å². The lowest BCUT2D eigenvalue weighted by atomic mass is 10.2. The predicted molar refractivity (Wildman–Crippen MR) is 106 cm³/mol. The molecule has 7 heteroatoms. The maximum Gasteiger partial charge on any atom is 0.243 e. The van der Waals surface area contributed by atoms with Crippen LogP contribution in [0.25, 0.3) is 0 Å². The molecule has 2 amide bonds. The first-order chi connectivity index (χ1) is 12.5. The minimum Gasteiger partial charge on any atom is -0.497 e. The Labute approximate surface area is 157 Å². The normalized spacial score (nSPS) is 10.2. The van der Waals surface area contributed by atoms with Gasteiger partial charge < -0.3 is 20.7 Å². The molecule has 26 heavy (non-hydrogen) atoms. The average Bonchev–Trinajstić information content (AvgIpc) is 2.65. The highest BCUT2D eigenvalue weighted by atomic mass is 32.2. The number of nitrogens with one attached hydrogen (secondary N) is 1. The van der Waals surface area contributed by atoms with Crippen LogP contribution < -0.4 is 20.7 Å². The Morgan fingerprint density at radius 2 is 1.85 bits per heavy atom. The van der Waals surface area contributed by atoms with Gasteiger partial charge in [0.05, 0.1) is 19.3 Å². The molecule has 0 atom stereocenters. The summed E-state index contributed by atoms with van der Waals surface area (Å²) in [6.07, 6.45) is 2.13. The van der Waals surface area contributed by atoms with E-state index in [9.17, 15) is 9.59 Å². The molecule has 0 aromatic heterocycles. The average molecular weight is 373 g/mol. The number of para-hydroxylation sites is 1. The third-order valence-corrected chi connectivity index (χ3v) is 4.58. The molecule has 0 bridgehead atoms. The minimum absolute atomic E-state index is 0.113. The topological polar surface area (TPSA) is 84.7 Å². The molecule has 2 aromatic carbocycles. The first-order valence-electron chi connectivity index (χ1n) is 8.13. The molecular weight excluding hydrogens is 350 g/mol. The summed E-state index contributed by atoms with van der Waals surface area (Å²) in [5, 5.41) is 2.93. The number of thioether (sulfide) groups is 1. The first kappa shape index (κ1) is 19.7. The first-order valence-corrected chi connectivity index (χ1v) is 9.36. The van der Waals surface area contributed by atoms with E-state index in [2.05, 4.69) is 5.32 Å². The maximum atomic E-state index is 12.5. The number of rotatable bonds is 9. The number of nitrogens with zero attached hydrogens (tertiary/aromatic N) is 1. The number of ether oxygens (including phenoxy) is 1. The Hall–Kier alpha value is -2.67. The third-order valence-electron chi connectivity index (χ3n) is 3.78. The fourth-order valence-corrected chi connectivity index (χ4v) is 3.00. The number of nitrogens with two attached hydrogens (primary N) is 1. The van der Waals surface area contributed by atoms with E-state index in [1.165, 1.54) is 0 Å². The van der Waals surface area contributed by atoms with Crippen LogP contribution in [0.15, 0.2) is 53.4 Å². The third kappa shape index (κ3) is 5.70. The Kier molecular flexibility index (Phi) is 7.35. The summed E-state index contributed by atoms with van der Waals surface area (Å²) in [6, 6.07) is 15.0. The van der Waals surface area contributed by atoms with Gasteiger partial charge in [-0.3, -0.25) is 9.59 Å². The van der Waals surface area contributed by atoms with Crippen LogP contribution in [0, 0.1) is 0 Å². The zero-order valence-corrected chi connectivity index (χ0v) is 15.7. The summed E-state index contributed by atoms with van der Waals surface area (Å²) < 4.78 is 5.16. The van der Waals surface area contributed by atoms with Gasteiger partial charge in [-0.2, -0.15) is 0 Å². The molecule has 0 heterocycles. The Morgan fingerprint density at radius 3 is 2.46 bits per heavy atom. The summed E-state index contributed by atoms with van der Waals surface area (Å²) in [7, 11) is 1.59. The van der Waals surface area contributed by atoms with Crippen molar-refractivity contribution in [2.75, 3.05) is 36.7 Å². The highest BCUT2D eigenvalue weighted by molar-refractivity contribution is 7.98. The number of carbonyl (C=O) groups is 2. The van der Waals surface area contributed by atoms with Crippen molar-refractivity contribution in [2.24, 2.45) is 5.73 Å². The van der Waals surface area contributed by atoms with Crippen molar-refractivity contribution in [3.63, 3.8) is 0 Å². The second-order valence-corrected chi connectivity index (χ2v) is 6.43. The highest BCUT2D eigenvalue weighted by Gasteiger charge is 2.14. The Bertz CT molecular complexity index is 750. The van der Waals surface area contributed by atoms with Gasteiger partial charge in [-0.05, 0) is 42.7 Å². The van der Waals surface area contributed by atoms with Gasteiger partial charge in [0.1, 0.15) is 5.75 Å². The van der Waals surface area contributed by atoms with E-state index >= 15 is 0 Å². The van der Waals surface area contributed by atoms with Gasteiger partial charge in [0, 0.05) is 23.5 Å². The number of methoxy groups -OCH3 is 1. The van der Waals surface area contributed by atoms with Gasteiger partial charge in [-0.15, -0.1) is 11.8 Å².